The van der Waals surface area contributed by atoms with E-state index in [4.69, 9.17) is 0 Å². The van der Waals surface area contributed by atoms with Gasteiger partial charge in [0.05, 0.1) is 4.90 Å². The third-order valence-electron chi connectivity index (χ3n) is 4.80. The molecule has 0 aromatic heterocycles. The fourth-order valence-corrected chi connectivity index (χ4v) is 4.34. The monoisotopic (exact) mass is 390 g/mol. The van der Waals surface area contributed by atoms with Crippen molar-refractivity contribution in [2.24, 2.45) is 0 Å². The second-order valence-electron chi connectivity index (χ2n) is 6.90. The van der Waals surface area contributed by atoms with Gasteiger partial charge >= 0.3 is 0 Å². The van der Waals surface area contributed by atoms with Gasteiger partial charge in [-0.05, 0) is 61.7 Å². The Balaban J connectivity index is 1.80. The Hall–Kier alpha value is -2.41. The standard InChI is InChI=1S/C20H23FN2O3S/c1-14-7-12-18(27(25,26)23-17-10-8-15(21)9-11-17)13-19(14)20(24)22-16-5-3-2-4-6-16/h7-13,16,23H,2-6H2,1H3,(H,22,24). The van der Waals surface area contributed by atoms with Crippen LogP contribution in [-0.4, -0.2) is 20.4 Å². The summed E-state index contributed by atoms with van der Waals surface area (Å²) in [6, 6.07) is 9.65. The second-order valence-corrected chi connectivity index (χ2v) is 8.58. The molecule has 7 heteroatoms. The fraction of sp³-hybridized carbons (Fsp3) is 0.350. The predicted molar refractivity (Wildman–Crippen MR) is 103 cm³/mol. The Morgan fingerprint density at radius 2 is 1.70 bits per heavy atom. The number of carbonyl (C=O) groups excluding carboxylic acids is 1. The molecule has 1 amide bonds. The summed E-state index contributed by atoms with van der Waals surface area (Å²) in [5.41, 5.74) is 1.32. The first-order valence-electron chi connectivity index (χ1n) is 9.05. The highest BCUT2D eigenvalue weighted by Gasteiger charge is 2.21. The Labute approximate surface area is 159 Å². The smallest absolute Gasteiger partial charge is 0.261 e. The van der Waals surface area contributed by atoms with E-state index in [1.165, 1.54) is 42.8 Å². The van der Waals surface area contributed by atoms with Gasteiger partial charge in [-0.15, -0.1) is 0 Å². The molecule has 0 atom stereocenters. The van der Waals surface area contributed by atoms with E-state index in [9.17, 15) is 17.6 Å². The van der Waals surface area contributed by atoms with E-state index in [0.717, 1.165) is 25.7 Å². The Bertz CT molecular complexity index is 921. The maximum absolute atomic E-state index is 13.0. The molecular formula is C20H23FN2O3S. The zero-order valence-electron chi connectivity index (χ0n) is 15.2. The molecule has 1 aliphatic rings. The van der Waals surface area contributed by atoms with Crippen LogP contribution in [0, 0.1) is 12.7 Å². The number of carbonyl (C=O) groups is 1. The van der Waals surface area contributed by atoms with Gasteiger partial charge in [-0.25, -0.2) is 12.8 Å². The molecule has 0 aliphatic heterocycles. The van der Waals surface area contributed by atoms with Crippen LogP contribution in [-0.2, 0) is 10.0 Å². The van der Waals surface area contributed by atoms with Gasteiger partial charge in [0.15, 0.2) is 0 Å². The summed E-state index contributed by atoms with van der Waals surface area (Å²) < 4.78 is 40.7. The SMILES string of the molecule is Cc1ccc(S(=O)(=O)Nc2ccc(F)cc2)cc1C(=O)NC1CCCCC1. The molecule has 3 rings (SSSR count). The number of hydrogen-bond donors (Lipinski definition) is 2. The summed E-state index contributed by atoms with van der Waals surface area (Å²) in [7, 11) is -3.88. The number of amides is 1. The molecule has 0 saturated heterocycles. The van der Waals surface area contributed by atoms with Crippen LogP contribution in [0.1, 0.15) is 48.0 Å². The number of rotatable bonds is 5. The lowest BCUT2D eigenvalue weighted by Crippen LogP contribution is -2.36. The van der Waals surface area contributed by atoms with E-state index < -0.39 is 15.8 Å². The van der Waals surface area contributed by atoms with Gasteiger partial charge in [0.1, 0.15) is 5.82 Å². The highest BCUT2D eigenvalue weighted by molar-refractivity contribution is 7.92. The minimum Gasteiger partial charge on any atom is -0.349 e. The molecule has 1 fully saturated rings. The highest BCUT2D eigenvalue weighted by atomic mass is 32.2. The first-order chi connectivity index (χ1) is 12.8. The minimum absolute atomic E-state index is 0.00813. The van der Waals surface area contributed by atoms with Crippen LogP contribution in [0.3, 0.4) is 0 Å². The molecular weight excluding hydrogens is 367 g/mol. The Morgan fingerprint density at radius 1 is 1.04 bits per heavy atom. The average molecular weight is 390 g/mol. The summed E-state index contributed by atoms with van der Waals surface area (Å²) in [6.45, 7) is 1.78. The maximum atomic E-state index is 13.0. The van der Waals surface area contributed by atoms with Crippen molar-refractivity contribution in [2.75, 3.05) is 4.72 Å². The second kappa shape index (κ2) is 8.08. The van der Waals surface area contributed by atoms with Crippen LogP contribution in [0.15, 0.2) is 47.4 Å². The minimum atomic E-state index is -3.88. The lowest BCUT2D eigenvalue weighted by Gasteiger charge is -2.23. The number of anilines is 1. The van der Waals surface area contributed by atoms with Crippen molar-refractivity contribution >= 4 is 21.6 Å². The molecule has 0 unspecified atom stereocenters. The molecule has 5 nitrogen and oxygen atoms in total. The van der Waals surface area contributed by atoms with Gasteiger partial charge in [-0.2, -0.15) is 0 Å². The predicted octanol–water partition coefficient (Wildman–Crippen LogP) is 4.00. The Kier molecular flexibility index (Phi) is 5.79. The van der Waals surface area contributed by atoms with Gasteiger partial charge in [0.25, 0.3) is 15.9 Å². The van der Waals surface area contributed by atoms with Crippen LogP contribution in [0.2, 0.25) is 0 Å². The van der Waals surface area contributed by atoms with Crippen molar-refractivity contribution in [3.63, 3.8) is 0 Å². The number of aryl methyl sites for hydroxylation is 1. The number of hydrogen-bond acceptors (Lipinski definition) is 3. The topological polar surface area (TPSA) is 75.3 Å². The van der Waals surface area contributed by atoms with Crippen molar-refractivity contribution in [3.05, 3.63) is 59.4 Å². The van der Waals surface area contributed by atoms with Gasteiger partial charge in [0, 0.05) is 17.3 Å². The fourth-order valence-electron chi connectivity index (χ4n) is 3.25. The zero-order chi connectivity index (χ0) is 19.4. The van der Waals surface area contributed by atoms with Crippen molar-refractivity contribution in [3.8, 4) is 0 Å². The summed E-state index contributed by atoms with van der Waals surface area (Å²) in [5.74, 6) is -0.701. The van der Waals surface area contributed by atoms with Crippen LogP contribution in [0.25, 0.3) is 0 Å². The molecule has 2 N–H and O–H groups in total. The summed E-state index contributed by atoms with van der Waals surface area (Å²) in [5, 5.41) is 3.01. The van der Waals surface area contributed by atoms with E-state index in [2.05, 4.69) is 10.0 Å². The largest absolute Gasteiger partial charge is 0.349 e. The molecule has 0 radical (unpaired) electrons. The number of nitrogens with one attached hydrogen (secondary N) is 2. The van der Waals surface area contributed by atoms with Gasteiger partial charge in [0.2, 0.25) is 0 Å². The van der Waals surface area contributed by atoms with Crippen LogP contribution in [0.4, 0.5) is 10.1 Å². The quantitative estimate of drug-likeness (QED) is 0.810. The summed E-state index contributed by atoms with van der Waals surface area (Å²) in [6.07, 6.45) is 5.29. The lowest BCUT2D eigenvalue weighted by atomic mass is 9.95. The summed E-state index contributed by atoms with van der Waals surface area (Å²) >= 11 is 0. The van der Waals surface area contributed by atoms with Gasteiger partial charge < -0.3 is 5.32 Å². The van der Waals surface area contributed by atoms with E-state index >= 15 is 0 Å². The van der Waals surface area contributed by atoms with Crippen molar-refractivity contribution in [2.45, 2.75) is 50.0 Å². The molecule has 1 aliphatic carbocycles. The first-order valence-corrected chi connectivity index (χ1v) is 10.5. The summed E-state index contributed by atoms with van der Waals surface area (Å²) in [4.78, 5) is 12.6. The van der Waals surface area contributed by atoms with E-state index in [1.807, 2.05) is 0 Å². The highest BCUT2D eigenvalue weighted by Crippen LogP contribution is 2.21. The van der Waals surface area contributed by atoms with Crippen LogP contribution < -0.4 is 10.0 Å². The third kappa shape index (κ3) is 4.86. The van der Waals surface area contributed by atoms with Crippen molar-refractivity contribution in [1.82, 2.24) is 5.32 Å². The van der Waals surface area contributed by atoms with Crippen molar-refractivity contribution in [1.29, 1.82) is 0 Å². The zero-order valence-corrected chi connectivity index (χ0v) is 16.0. The molecule has 2 aromatic rings. The molecule has 1 saturated carbocycles. The third-order valence-corrected chi connectivity index (χ3v) is 6.18. The molecule has 144 valence electrons. The average Bonchev–Trinajstić information content (AvgIpc) is 2.64. The lowest BCUT2D eigenvalue weighted by molar-refractivity contribution is 0.0927. The molecule has 27 heavy (non-hydrogen) atoms. The van der Waals surface area contributed by atoms with Crippen LogP contribution in [0.5, 0.6) is 0 Å². The molecule has 0 spiro atoms. The van der Waals surface area contributed by atoms with Gasteiger partial charge in [-0.1, -0.05) is 25.3 Å². The molecule has 0 heterocycles. The number of sulfonamides is 1. The first kappa shape index (κ1) is 19.4. The molecule has 0 bridgehead atoms. The normalized spacial score (nSPS) is 15.3. The van der Waals surface area contributed by atoms with E-state index in [-0.39, 0.29) is 22.5 Å². The van der Waals surface area contributed by atoms with Crippen LogP contribution >= 0.6 is 0 Å². The maximum Gasteiger partial charge on any atom is 0.261 e. The van der Waals surface area contributed by atoms with Crippen molar-refractivity contribution < 1.29 is 17.6 Å². The Morgan fingerprint density at radius 3 is 2.37 bits per heavy atom. The van der Waals surface area contributed by atoms with E-state index in [1.54, 1.807) is 13.0 Å². The number of halogens is 1. The van der Waals surface area contributed by atoms with E-state index in [0.29, 0.717) is 11.1 Å². The van der Waals surface area contributed by atoms with Gasteiger partial charge in [-0.3, -0.25) is 9.52 Å². The number of benzene rings is 2. The molecule has 2 aromatic carbocycles.